The molecule has 0 radical (unpaired) electrons. The number of hydrogen-bond donors (Lipinski definition) is 2. The minimum Gasteiger partial charge on any atom is -0.481 e. The number of halogens is 2. The van der Waals surface area contributed by atoms with E-state index in [9.17, 15) is 18.4 Å². The zero-order chi connectivity index (χ0) is 15.5. The quantitative estimate of drug-likeness (QED) is 0.852. The Kier molecular flexibility index (Phi) is 4.52. The molecule has 1 heterocycles. The van der Waals surface area contributed by atoms with E-state index >= 15 is 0 Å². The SMILES string of the molecule is O=C(O)CC1C(=O)NCCN1CC(F)(F)c1ccccc1. The number of carboxylic acids is 1. The van der Waals surface area contributed by atoms with Gasteiger partial charge in [0.25, 0.3) is 5.92 Å². The molecule has 7 heteroatoms. The third-order valence-corrected chi connectivity index (χ3v) is 3.41. The van der Waals surface area contributed by atoms with Gasteiger partial charge in [-0.15, -0.1) is 0 Å². The zero-order valence-corrected chi connectivity index (χ0v) is 11.3. The molecule has 1 aromatic carbocycles. The summed E-state index contributed by atoms with van der Waals surface area (Å²) in [4.78, 5) is 23.7. The first-order valence-corrected chi connectivity index (χ1v) is 6.57. The highest BCUT2D eigenvalue weighted by Crippen LogP contribution is 2.30. The lowest BCUT2D eigenvalue weighted by atomic mass is 10.0. The van der Waals surface area contributed by atoms with Crippen molar-refractivity contribution in [3.8, 4) is 0 Å². The predicted octanol–water partition coefficient (Wildman–Crippen LogP) is 1.05. The fraction of sp³-hybridized carbons (Fsp3) is 0.429. The van der Waals surface area contributed by atoms with Gasteiger partial charge in [-0.25, -0.2) is 0 Å². The fourth-order valence-corrected chi connectivity index (χ4v) is 2.37. The van der Waals surface area contributed by atoms with Crippen molar-refractivity contribution in [2.75, 3.05) is 19.6 Å². The van der Waals surface area contributed by atoms with Gasteiger partial charge in [0.1, 0.15) is 0 Å². The van der Waals surface area contributed by atoms with Gasteiger partial charge < -0.3 is 10.4 Å². The van der Waals surface area contributed by atoms with Gasteiger partial charge in [-0.2, -0.15) is 8.78 Å². The smallest absolute Gasteiger partial charge is 0.305 e. The van der Waals surface area contributed by atoms with Crippen LogP contribution in [0.4, 0.5) is 8.78 Å². The number of hydrogen-bond acceptors (Lipinski definition) is 3. The molecule has 2 N–H and O–H groups in total. The number of nitrogens with one attached hydrogen (secondary N) is 1. The average molecular weight is 298 g/mol. The summed E-state index contributed by atoms with van der Waals surface area (Å²) in [6, 6.07) is 6.24. The van der Waals surface area contributed by atoms with Gasteiger partial charge >= 0.3 is 5.97 Å². The first kappa shape index (κ1) is 15.4. The number of nitrogens with zero attached hydrogens (tertiary/aromatic N) is 1. The molecule has 1 aromatic rings. The van der Waals surface area contributed by atoms with Crippen molar-refractivity contribution in [3.63, 3.8) is 0 Å². The first-order valence-electron chi connectivity index (χ1n) is 6.57. The van der Waals surface area contributed by atoms with Crippen molar-refractivity contribution >= 4 is 11.9 Å². The van der Waals surface area contributed by atoms with Crippen molar-refractivity contribution in [1.29, 1.82) is 0 Å². The standard InChI is InChI=1S/C14H16F2N2O3/c15-14(16,10-4-2-1-3-5-10)9-18-7-6-17-13(21)11(18)8-12(19)20/h1-5,11H,6-9H2,(H,17,21)(H,19,20). The van der Waals surface area contributed by atoms with Gasteiger partial charge in [-0.3, -0.25) is 14.5 Å². The Morgan fingerprint density at radius 3 is 2.67 bits per heavy atom. The Hall–Kier alpha value is -2.02. The highest BCUT2D eigenvalue weighted by atomic mass is 19.3. The van der Waals surface area contributed by atoms with Crippen LogP contribution >= 0.6 is 0 Å². The summed E-state index contributed by atoms with van der Waals surface area (Å²) in [5.74, 6) is -4.85. The Morgan fingerprint density at radius 1 is 1.38 bits per heavy atom. The lowest BCUT2D eigenvalue weighted by molar-refractivity contribution is -0.145. The van der Waals surface area contributed by atoms with E-state index in [1.165, 1.54) is 29.2 Å². The molecule has 0 saturated carbocycles. The number of benzene rings is 1. The van der Waals surface area contributed by atoms with E-state index in [2.05, 4.69) is 5.32 Å². The summed E-state index contributed by atoms with van der Waals surface area (Å²) in [7, 11) is 0. The van der Waals surface area contributed by atoms with E-state index in [0.29, 0.717) is 0 Å². The summed E-state index contributed by atoms with van der Waals surface area (Å²) in [6.45, 7) is -0.242. The van der Waals surface area contributed by atoms with E-state index < -0.39 is 36.8 Å². The number of carbonyl (C=O) groups excluding carboxylic acids is 1. The highest BCUT2D eigenvalue weighted by molar-refractivity contribution is 5.86. The maximum Gasteiger partial charge on any atom is 0.305 e. The van der Waals surface area contributed by atoms with Crippen LogP contribution in [0.2, 0.25) is 0 Å². The number of amides is 1. The molecule has 1 aliphatic heterocycles. The van der Waals surface area contributed by atoms with Crippen molar-refractivity contribution in [3.05, 3.63) is 35.9 Å². The topological polar surface area (TPSA) is 69.6 Å². The molecule has 1 aliphatic rings. The Bertz CT molecular complexity index is 522. The second-order valence-electron chi connectivity index (χ2n) is 4.95. The Labute approximate surface area is 120 Å². The van der Waals surface area contributed by atoms with Crippen molar-refractivity contribution < 1.29 is 23.5 Å². The number of rotatable bonds is 5. The third kappa shape index (κ3) is 3.75. The number of carbonyl (C=O) groups is 2. The van der Waals surface area contributed by atoms with Gasteiger partial charge in [-0.05, 0) is 0 Å². The lowest BCUT2D eigenvalue weighted by Gasteiger charge is -2.36. The largest absolute Gasteiger partial charge is 0.481 e. The van der Waals surface area contributed by atoms with Gasteiger partial charge in [0.05, 0.1) is 19.0 Å². The van der Waals surface area contributed by atoms with Crippen LogP contribution in [0, 0.1) is 0 Å². The Balaban J connectivity index is 2.15. The summed E-state index contributed by atoms with van der Waals surface area (Å²) < 4.78 is 28.5. The molecular weight excluding hydrogens is 282 g/mol. The number of carboxylic acid groups (broad SMARTS) is 1. The molecule has 1 amide bonds. The van der Waals surface area contributed by atoms with Crippen molar-refractivity contribution in [2.24, 2.45) is 0 Å². The van der Waals surface area contributed by atoms with Crippen LogP contribution in [0.1, 0.15) is 12.0 Å². The van der Waals surface area contributed by atoms with E-state index in [-0.39, 0.29) is 18.7 Å². The Morgan fingerprint density at radius 2 is 2.05 bits per heavy atom. The molecule has 0 bridgehead atoms. The van der Waals surface area contributed by atoms with Crippen LogP contribution < -0.4 is 5.32 Å². The van der Waals surface area contributed by atoms with Crippen LogP contribution in [-0.2, 0) is 15.5 Å². The molecule has 0 aromatic heterocycles. The second-order valence-corrected chi connectivity index (χ2v) is 4.95. The highest BCUT2D eigenvalue weighted by Gasteiger charge is 2.40. The first-order chi connectivity index (χ1) is 9.90. The van der Waals surface area contributed by atoms with Crippen LogP contribution in [-0.4, -0.2) is 47.6 Å². The van der Waals surface area contributed by atoms with Crippen LogP contribution in [0.15, 0.2) is 30.3 Å². The van der Waals surface area contributed by atoms with Crippen LogP contribution in [0.25, 0.3) is 0 Å². The lowest BCUT2D eigenvalue weighted by Crippen LogP contribution is -2.57. The van der Waals surface area contributed by atoms with Gasteiger partial charge in [0, 0.05) is 18.7 Å². The number of piperazine rings is 1. The van der Waals surface area contributed by atoms with Gasteiger partial charge in [0.2, 0.25) is 5.91 Å². The van der Waals surface area contributed by atoms with E-state index in [0.717, 1.165) is 0 Å². The summed E-state index contributed by atoms with van der Waals surface area (Å²) >= 11 is 0. The molecule has 5 nitrogen and oxygen atoms in total. The molecule has 0 spiro atoms. The van der Waals surface area contributed by atoms with E-state index in [4.69, 9.17) is 5.11 Å². The molecule has 114 valence electrons. The van der Waals surface area contributed by atoms with E-state index in [1.807, 2.05) is 0 Å². The molecule has 1 atom stereocenters. The zero-order valence-electron chi connectivity index (χ0n) is 11.3. The third-order valence-electron chi connectivity index (χ3n) is 3.41. The van der Waals surface area contributed by atoms with Gasteiger partial charge in [-0.1, -0.05) is 30.3 Å². The summed E-state index contributed by atoms with van der Waals surface area (Å²) in [6.07, 6.45) is -0.489. The maximum atomic E-state index is 14.3. The molecule has 0 aliphatic carbocycles. The normalized spacial score (nSPS) is 20.1. The van der Waals surface area contributed by atoms with Crippen molar-refractivity contribution in [1.82, 2.24) is 10.2 Å². The molecule has 21 heavy (non-hydrogen) atoms. The monoisotopic (exact) mass is 298 g/mol. The van der Waals surface area contributed by atoms with Crippen LogP contribution in [0.5, 0.6) is 0 Å². The fourth-order valence-electron chi connectivity index (χ4n) is 2.37. The molecular formula is C14H16F2N2O3. The van der Waals surface area contributed by atoms with Crippen molar-refractivity contribution in [2.45, 2.75) is 18.4 Å². The minimum absolute atomic E-state index is 0.148. The second kappa shape index (κ2) is 6.17. The molecule has 2 rings (SSSR count). The number of alkyl halides is 2. The molecule has 1 saturated heterocycles. The average Bonchev–Trinajstić information content (AvgIpc) is 2.43. The maximum absolute atomic E-state index is 14.3. The summed E-state index contributed by atoms with van der Waals surface area (Å²) in [5.41, 5.74) is -0.148. The van der Waals surface area contributed by atoms with E-state index in [1.54, 1.807) is 6.07 Å². The summed E-state index contributed by atoms with van der Waals surface area (Å²) in [5, 5.41) is 11.3. The minimum atomic E-state index is -3.14. The number of aliphatic carboxylic acids is 1. The molecule has 1 fully saturated rings. The van der Waals surface area contributed by atoms with Crippen LogP contribution in [0.3, 0.4) is 0 Å². The molecule has 1 unspecified atom stereocenters. The predicted molar refractivity (Wildman–Crippen MR) is 71.0 cm³/mol. The van der Waals surface area contributed by atoms with Gasteiger partial charge in [0.15, 0.2) is 0 Å².